The second kappa shape index (κ2) is 12.9. The standard InChI is InChI=1S/C26H41N4O5P/c1-17(2)24(30-25(32)22(27)12-19-13-28-23-11-7-6-10-21(19)23)26(33)29-14-20(31)16-36(34,35)15-18-8-4-3-5-9-18/h6-7,10-11,13,17-18,20,22,24,28,31H,3-5,8-9,12,14-16,27H2,1-2H3,(H,29,33)(H,30,32)(H,34,35). The molecule has 0 radical (unpaired) electrons. The number of nitrogens with two attached hydrogens (primary N) is 1. The molecule has 1 fully saturated rings. The lowest BCUT2D eigenvalue weighted by atomic mass is 9.91. The van der Waals surface area contributed by atoms with Crippen molar-refractivity contribution in [1.82, 2.24) is 15.6 Å². The molecule has 0 saturated heterocycles. The Morgan fingerprint density at radius 3 is 2.56 bits per heavy atom. The summed E-state index contributed by atoms with van der Waals surface area (Å²) in [6.45, 7) is 3.45. The zero-order valence-electron chi connectivity index (χ0n) is 21.3. The molecule has 0 aliphatic heterocycles. The Kier molecular flexibility index (Phi) is 10.1. The smallest absolute Gasteiger partial charge is 0.242 e. The number of amides is 2. The van der Waals surface area contributed by atoms with Gasteiger partial charge < -0.3 is 31.4 Å². The number of para-hydroxylation sites is 1. The second-order valence-corrected chi connectivity index (χ2v) is 12.9. The molecule has 0 spiro atoms. The normalized spacial score (nSPS) is 18.9. The molecular formula is C26H41N4O5P. The van der Waals surface area contributed by atoms with Gasteiger partial charge in [-0.1, -0.05) is 51.3 Å². The van der Waals surface area contributed by atoms with Crippen LogP contribution in [0.1, 0.15) is 51.5 Å². The first-order valence-electron chi connectivity index (χ1n) is 12.9. The van der Waals surface area contributed by atoms with Crippen molar-refractivity contribution in [3.63, 3.8) is 0 Å². The topological polar surface area (TPSA) is 158 Å². The summed E-state index contributed by atoms with van der Waals surface area (Å²) in [5.41, 5.74) is 8.04. The highest BCUT2D eigenvalue weighted by atomic mass is 31.2. The predicted molar refractivity (Wildman–Crippen MR) is 142 cm³/mol. The summed E-state index contributed by atoms with van der Waals surface area (Å²) in [7, 11) is -3.49. The summed E-state index contributed by atoms with van der Waals surface area (Å²) in [4.78, 5) is 39.1. The summed E-state index contributed by atoms with van der Waals surface area (Å²) in [5.74, 6) is -0.897. The fourth-order valence-electron chi connectivity index (χ4n) is 5.00. The number of H-pyrrole nitrogens is 1. The van der Waals surface area contributed by atoms with Gasteiger partial charge in [-0.15, -0.1) is 0 Å². The van der Waals surface area contributed by atoms with Crippen LogP contribution in [0.4, 0.5) is 0 Å². The molecule has 200 valence electrons. The Morgan fingerprint density at radius 1 is 1.17 bits per heavy atom. The summed E-state index contributed by atoms with van der Waals surface area (Å²) in [6, 6.07) is 6.07. The van der Waals surface area contributed by atoms with E-state index in [1.165, 1.54) is 6.42 Å². The average Bonchev–Trinajstić information content (AvgIpc) is 3.23. The van der Waals surface area contributed by atoms with E-state index < -0.39 is 37.4 Å². The molecule has 1 aromatic heterocycles. The fraction of sp³-hybridized carbons (Fsp3) is 0.615. The van der Waals surface area contributed by atoms with E-state index in [1.54, 1.807) is 13.8 Å². The molecule has 36 heavy (non-hydrogen) atoms. The maximum Gasteiger partial charge on any atom is 0.242 e. The number of carbonyl (C=O) groups is 2. The number of aromatic amines is 1. The summed E-state index contributed by atoms with van der Waals surface area (Å²) < 4.78 is 12.6. The Bertz CT molecular complexity index is 1070. The lowest BCUT2D eigenvalue weighted by Crippen LogP contribution is -2.55. The van der Waals surface area contributed by atoms with Crippen LogP contribution in [0, 0.1) is 11.8 Å². The van der Waals surface area contributed by atoms with Crippen LogP contribution in [0.5, 0.6) is 0 Å². The van der Waals surface area contributed by atoms with Gasteiger partial charge in [-0.3, -0.25) is 14.2 Å². The van der Waals surface area contributed by atoms with Crippen molar-refractivity contribution in [2.75, 3.05) is 18.9 Å². The molecule has 1 aliphatic carbocycles. The highest BCUT2D eigenvalue weighted by molar-refractivity contribution is 7.58. The Hall–Kier alpha value is -2.19. The summed E-state index contributed by atoms with van der Waals surface area (Å²) in [5, 5.41) is 16.7. The van der Waals surface area contributed by atoms with Crippen LogP contribution < -0.4 is 16.4 Å². The quantitative estimate of drug-likeness (QED) is 0.236. The van der Waals surface area contributed by atoms with Crippen molar-refractivity contribution in [2.24, 2.45) is 17.6 Å². The Labute approximate surface area is 213 Å². The van der Waals surface area contributed by atoms with E-state index in [1.807, 2.05) is 30.5 Å². The van der Waals surface area contributed by atoms with Gasteiger partial charge in [0.1, 0.15) is 6.04 Å². The van der Waals surface area contributed by atoms with Crippen molar-refractivity contribution < 1.29 is 24.2 Å². The van der Waals surface area contributed by atoms with Crippen molar-refractivity contribution in [3.05, 3.63) is 36.0 Å². The van der Waals surface area contributed by atoms with Crippen LogP contribution in [0.3, 0.4) is 0 Å². The third kappa shape index (κ3) is 8.17. The maximum atomic E-state index is 12.8. The number of hydrogen-bond donors (Lipinski definition) is 6. The van der Waals surface area contributed by atoms with Crippen LogP contribution >= 0.6 is 7.37 Å². The molecule has 2 aromatic rings. The number of aromatic nitrogens is 1. The van der Waals surface area contributed by atoms with Crippen LogP contribution in [-0.2, 0) is 20.6 Å². The van der Waals surface area contributed by atoms with E-state index >= 15 is 0 Å². The number of aliphatic hydroxyl groups is 1. The first kappa shape index (κ1) is 28.4. The van der Waals surface area contributed by atoms with E-state index in [0.29, 0.717) is 6.42 Å². The highest BCUT2D eigenvalue weighted by Crippen LogP contribution is 2.45. The van der Waals surface area contributed by atoms with Gasteiger partial charge in [0.05, 0.1) is 18.3 Å². The highest BCUT2D eigenvalue weighted by Gasteiger charge is 2.30. The van der Waals surface area contributed by atoms with Crippen LogP contribution in [0.15, 0.2) is 30.5 Å². The molecule has 1 aromatic carbocycles. The van der Waals surface area contributed by atoms with Gasteiger partial charge in [-0.05, 0) is 42.7 Å². The van der Waals surface area contributed by atoms with Gasteiger partial charge >= 0.3 is 0 Å². The molecular weight excluding hydrogens is 479 g/mol. The molecule has 1 heterocycles. The Morgan fingerprint density at radius 2 is 1.86 bits per heavy atom. The van der Waals surface area contributed by atoms with Gasteiger partial charge in [0, 0.05) is 29.8 Å². The number of aliphatic hydroxyl groups excluding tert-OH is 1. The predicted octanol–water partition coefficient (Wildman–Crippen LogP) is 2.51. The van der Waals surface area contributed by atoms with Crippen molar-refractivity contribution >= 4 is 30.1 Å². The molecule has 1 saturated carbocycles. The number of rotatable bonds is 12. The van der Waals surface area contributed by atoms with E-state index in [2.05, 4.69) is 15.6 Å². The second-order valence-electron chi connectivity index (χ2n) is 10.5. The number of benzene rings is 1. The third-order valence-corrected chi connectivity index (χ3v) is 9.05. The average molecular weight is 521 g/mol. The van der Waals surface area contributed by atoms with Gasteiger partial charge in [0.2, 0.25) is 19.2 Å². The van der Waals surface area contributed by atoms with Crippen molar-refractivity contribution in [2.45, 2.75) is 70.6 Å². The largest absolute Gasteiger partial charge is 0.391 e. The summed E-state index contributed by atoms with van der Waals surface area (Å²) >= 11 is 0. The van der Waals surface area contributed by atoms with Gasteiger partial charge in [-0.25, -0.2) is 0 Å². The molecule has 3 rings (SSSR count). The fourth-order valence-corrected chi connectivity index (χ4v) is 7.10. The Balaban J connectivity index is 1.49. The lowest BCUT2D eigenvalue weighted by Gasteiger charge is -2.26. The van der Waals surface area contributed by atoms with E-state index in [-0.39, 0.29) is 30.7 Å². The maximum absolute atomic E-state index is 12.8. The third-order valence-electron chi connectivity index (χ3n) is 6.97. The summed E-state index contributed by atoms with van der Waals surface area (Å²) in [6.07, 6.45) is 6.21. The lowest BCUT2D eigenvalue weighted by molar-refractivity contribution is -0.130. The van der Waals surface area contributed by atoms with E-state index in [9.17, 15) is 24.2 Å². The van der Waals surface area contributed by atoms with E-state index in [0.717, 1.165) is 42.1 Å². The van der Waals surface area contributed by atoms with Crippen molar-refractivity contribution in [3.8, 4) is 0 Å². The molecule has 1 aliphatic rings. The first-order chi connectivity index (χ1) is 17.1. The van der Waals surface area contributed by atoms with Gasteiger partial charge in [-0.2, -0.15) is 0 Å². The number of fused-ring (bicyclic) bond motifs is 1. The van der Waals surface area contributed by atoms with Gasteiger partial charge in [0.15, 0.2) is 0 Å². The number of nitrogens with one attached hydrogen (secondary N) is 3. The first-order valence-corrected chi connectivity index (χ1v) is 15.0. The molecule has 4 atom stereocenters. The number of hydrogen-bond acceptors (Lipinski definition) is 5. The number of carbonyl (C=O) groups excluding carboxylic acids is 2. The molecule has 10 heteroatoms. The van der Waals surface area contributed by atoms with Crippen LogP contribution in [0.2, 0.25) is 0 Å². The SMILES string of the molecule is CC(C)C(NC(=O)C(N)Cc1c[nH]c2ccccc12)C(=O)NCC(O)CP(=O)(O)CC1CCCCC1. The zero-order valence-corrected chi connectivity index (χ0v) is 22.2. The molecule has 9 nitrogen and oxygen atoms in total. The molecule has 0 bridgehead atoms. The zero-order chi connectivity index (χ0) is 26.3. The van der Waals surface area contributed by atoms with Crippen LogP contribution in [0.25, 0.3) is 10.9 Å². The minimum Gasteiger partial charge on any atom is -0.391 e. The van der Waals surface area contributed by atoms with Crippen LogP contribution in [-0.4, -0.2) is 63.9 Å². The van der Waals surface area contributed by atoms with Gasteiger partial charge in [0.25, 0.3) is 0 Å². The minimum absolute atomic E-state index is 0.158. The molecule has 7 N–H and O–H groups in total. The molecule has 2 amide bonds. The monoisotopic (exact) mass is 520 g/mol. The molecule has 4 unspecified atom stereocenters. The minimum atomic E-state index is -3.49. The van der Waals surface area contributed by atoms with Crippen molar-refractivity contribution in [1.29, 1.82) is 0 Å². The van der Waals surface area contributed by atoms with E-state index in [4.69, 9.17) is 5.73 Å².